The number of thiophene rings is 4. The Hall–Kier alpha value is -10.6. The Morgan fingerprint density at radius 2 is 0.638 bits per heavy atom. The first-order valence-electron chi connectivity index (χ1n) is 30.4. The number of allylic oxidation sites excluding steroid dienone is 2. The molecule has 442 valence electrons. The third-order valence-corrected chi connectivity index (χ3v) is 24.7. The average Bonchev–Trinajstić information content (AvgIpc) is 1.50. The second-order valence-electron chi connectivity index (χ2n) is 24.2. The van der Waals surface area contributed by atoms with Gasteiger partial charge in [0.25, 0.3) is 0 Å². The molecule has 14 heteroatoms. The van der Waals surface area contributed by atoms with Crippen molar-refractivity contribution in [1.82, 2.24) is 17.5 Å². The first kappa shape index (κ1) is 57.3. The van der Waals surface area contributed by atoms with E-state index in [1.807, 2.05) is 71.2 Å². The number of benzene rings is 9. The second-order valence-corrected chi connectivity index (χ2v) is 29.6. The van der Waals surface area contributed by atoms with Gasteiger partial charge >= 0.3 is 0 Å². The van der Waals surface area contributed by atoms with Crippen LogP contribution in [-0.4, -0.2) is 17.5 Å². The number of hydrogen-bond acceptors (Lipinski definition) is 14. The van der Waals surface area contributed by atoms with Gasteiger partial charge in [0.1, 0.15) is 57.5 Å². The number of aromatic nitrogens is 4. The molecular weight excluding hydrogens is 1270 g/mol. The van der Waals surface area contributed by atoms with E-state index in [-0.39, 0.29) is 11.1 Å². The molecule has 0 radical (unpaired) electrons. The van der Waals surface area contributed by atoms with Gasteiger partial charge in [-0.15, -0.1) is 45.3 Å². The maximum Gasteiger partial charge on any atom is 0.130 e. The zero-order chi connectivity index (χ0) is 63.7. The Morgan fingerprint density at radius 1 is 0.319 bits per heavy atom. The first-order chi connectivity index (χ1) is 45.9. The Kier molecular flexibility index (Phi) is 13.4. The van der Waals surface area contributed by atoms with Crippen LogP contribution in [0.3, 0.4) is 0 Å². The van der Waals surface area contributed by atoms with Crippen LogP contribution in [0.15, 0.2) is 205 Å². The minimum absolute atomic E-state index is 0.0198. The molecule has 0 unspecified atom stereocenters. The van der Waals surface area contributed by atoms with Crippen molar-refractivity contribution in [1.29, 1.82) is 21.0 Å². The molecule has 0 atom stereocenters. The van der Waals surface area contributed by atoms with Gasteiger partial charge in [-0.1, -0.05) is 144 Å². The van der Waals surface area contributed by atoms with Gasteiger partial charge in [-0.05, 0) is 190 Å². The molecule has 15 aromatic rings. The predicted molar refractivity (Wildman–Crippen MR) is 389 cm³/mol. The van der Waals surface area contributed by atoms with Crippen LogP contribution < -0.4 is 0 Å². The summed E-state index contributed by atoms with van der Waals surface area (Å²) < 4.78 is 21.1. The van der Waals surface area contributed by atoms with Crippen LogP contribution in [0, 0.1) is 73.0 Å². The maximum absolute atomic E-state index is 9.55. The maximum atomic E-state index is 9.55. The summed E-state index contributed by atoms with van der Waals surface area (Å²) in [5.41, 5.74) is 24.3. The van der Waals surface area contributed by atoms with E-state index in [9.17, 15) is 21.0 Å². The van der Waals surface area contributed by atoms with Crippen molar-refractivity contribution >= 4 is 123 Å². The number of nitrogens with zero attached hydrogens (tertiary/aromatic N) is 8. The van der Waals surface area contributed by atoms with Crippen LogP contribution in [0.1, 0.15) is 77.9 Å². The zero-order valence-corrected chi connectivity index (χ0v) is 55.6. The lowest BCUT2D eigenvalue weighted by atomic mass is 9.65. The van der Waals surface area contributed by atoms with Gasteiger partial charge in [-0.25, -0.2) is 0 Å². The molecule has 2 aliphatic rings. The lowest BCUT2D eigenvalue weighted by Gasteiger charge is -2.36. The van der Waals surface area contributed by atoms with Crippen molar-refractivity contribution < 1.29 is 0 Å². The zero-order valence-electron chi connectivity index (χ0n) is 50.7. The smallest absolute Gasteiger partial charge is 0.130 e. The molecule has 0 amide bonds. The summed E-state index contributed by atoms with van der Waals surface area (Å²) in [5.74, 6) is 0. The number of nitriles is 4. The van der Waals surface area contributed by atoms with Crippen LogP contribution in [0.25, 0.3) is 117 Å². The topological polar surface area (TPSA) is 147 Å². The summed E-state index contributed by atoms with van der Waals surface area (Å²) >= 11 is 9.38. The fourth-order valence-electron chi connectivity index (χ4n) is 14.4. The molecule has 0 fully saturated rings. The molecule has 94 heavy (non-hydrogen) atoms. The van der Waals surface area contributed by atoms with Crippen LogP contribution in [0.5, 0.6) is 0 Å². The van der Waals surface area contributed by atoms with Crippen molar-refractivity contribution in [2.45, 2.75) is 38.5 Å². The predicted octanol–water partition coefficient (Wildman–Crippen LogP) is 21.7. The van der Waals surface area contributed by atoms with Crippen molar-refractivity contribution in [3.63, 3.8) is 0 Å². The average molecular weight is 1310 g/mol. The summed E-state index contributed by atoms with van der Waals surface area (Å²) in [6, 6.07) is 81.5. The molecule has 0 aliphatic heterocycles. The van der Waals surface area contributed by atoms with Gasteiger partial charge in [0.2, 0.25) is 0 Å². The van der Waals surface area contributed by atoms with Crippen molar-refractivity contribution in [2.24, 2.45) is 0 Å². The van der Waals surface area contributed by atoms with Gasteiger partial charge < -0.3 is 0 Å². The Balaban J connectivity index is 0.871. The van der Waals surface area contributed by atoms with Crippen LogP contribution in [-0.2, 0) is 10.8 Å². The van der Waals surface area contributed by atoms with E-state index in [1.165, 1.54) is 119 Å². The molecular formula is C80H46N8S6. The highest BCUT2D eigenvalue weighted by Crippen LogP contribution is 2.64. The summed E-state index contributed by atoms with van der Waals surface area (Å²) in [5, 5.41) is 40.6. The van der Waals surface area contributed by atoms with Gasteiger partial charge in [-0.2, -0.15) is 38.5 Å². The quantitative estimate of drug-likeness (QED) is 0.123. The molecule has 0 N–H and O–H groups in total. The number of hydrogen-bond donors (Lipinski definition) is 0. The Morgan fingerprint density at radius 3 is 0.989 bits per heavy atom. The van der Waals surface area contributed by atoms with Gasteiger partial charge in [-0.3, -0.25) is 0 Å². The minimum atomic E-state index is -0.716. The normalized spacial score (nSPS) is 13.0. The van der Waals surface area contributed by atoms with E-state index in [2.05, 4.69) is 206 Å². The van der Waals surface area contributed by atoms with E-state index in [1.54, 1.807) is 34.8 Å². The fraction of sp³-hybridized carbons (Fsp3) is 0.0750. The third kappa shape index (κ3) is 8.73. The van der Waals surface area contributed by atoms with E-state index in [4.69, 9.17) is 8.75 Å². The summed E-state index contributed by atoms with van der Waals surface area (Å²) in [7, 11) is 0. The van der Waals surface area contributed by atoms with Gasteiger partial charge in [0.05, 0.1) is 34.3 Å². The molecule has 0 spiro atoms. The summed E-state index contributed by atoms with van der Waals surface area (Å²) in [4.78, 5) is 6.79. The largest absolute Gasteiger partial charge is 0.192 e. The lowest BCUT2D eigenvalue weighted by molar-refractivity contribution is 0.759. The molecule has 2 aliphatic carbocycles. The molecule has 17 rings (SSSR count). The van der Waals surface area contributed by atoms with E-state index in [0.717, 1.165) is 65.1 Å². The molecule has 6 heterocycles. The van der Waals surface area contributed by atoms with Crippen molar-refractivity contribution in [3.05, 3.63) is 283 Å². The number of fused-ring (bicyclic) bond motifs is 10. The molecule has 8 nitrogen and oxygen atoms in total. The van der Waals surface area contributed by atoms with Crippen molar-refractivity contribution in [2.75, 3.05) is 0 Å². The van der Waals surface area contributed by atoms with E-state index < -0.39 is 10.8 Å². The summed E-state index contributed by atoms with van der Waals surface area (Å²) in [6.07, 6.45) is 3.16. The lowest BCUT2D eigenvalue weighted by Crippen LogP contribution is -2.30. The van der Waals surface area contributed by atoms with Crippen LogP contribution in [0.4, 0.5) is 0 Å². The van der Waals surface area contributed by atoms with E-state index in [0.29, 0.717) is 22.2 Å². The molecule has 0 saturated heterocycles. The van der Waals surface area contributed by atoms with E-state index >= 15 is 0 Å². The highest BCUT2D eigenvalue weighted by molar-refractivity contribution is 7.27. The molecule has 9 aromatic carbocycles. The third-order valence-electron chi connectivity index (χ3n) is 18.8. The highest BCUT2D eigenvalue weighted by Gasteiger charge is 2.52. The van der Waals surface area contributed by atoms with Crippen LogP contribution >= 0.6 is 68.8 Å². The minimum Gasteiger partial charge on any atom is -0.192 e. The molecule has 0 bridgehead atoms. The number of rotatable bonds is 10. The fourth-order valence-corrected chi connectivity index (χ4v) is 19.9. The Labute approximate surface area is 565 Å². The standard InChI is InChI=1S/C80H46N8S6/c1-43-5-15-53(16-6-43)79(54-17-7-44(2)8-18-54)63-31-51-33-73(69-27-25-67(89-69)57-23-13-49(29-47(39-81)40-82)75-77(57)87-93-85-75)91-71(51)37-61(63)59-36-66-60(35-65(59)79)62-38-72-52(32-64(62)80(66,55-19-9-45(3)10-20-55)56-21-11-46(4)12-22-56)34-74(92-72)70-28-26-68(90-70)58-24-14-50(30-48(41-83)42-84)76-78(58)88-94-86-76/h5-38H,1-4H3. The monoisotopic (exact) mass is 1310 g/mol. The van der Waals surface area contributed by atoms with Crippen LogP contribution in [0.2, 0.25) is 0 Å². The number of aryl methyl sites for hydroxylation is 4. The Bertz CT molecular complexity index is 5470. The molecule has 6 aromatic heterocycles. The van der Waals surface area contributed by atoms with Crippen molar-refractivity contribution in [3.8, 4) is 86.9 Å². The SMILES string of the molecule is Cc1ccc(C2(c3ccc(C)cc3)c3cc4c(cc3-c3cc5sc(-c6ccc(-c7ccc(C=C(C#N)C#N)c8nsnc78)s6)cc5cc32)C(c2ccc(C)cc2)(c2ccc(C)cc2)c2cc3cc(-c5ccc(-c6ccc(C=C(C#N)C#N)c7nsnc67)s5)sc3cc2-4)cc1. The first-order valence-corrected chi connectivity index (χ1v) is 35.1. The van der Waals surface area contributed by atoms with Gasteiger partial charge in [0.15, 0.2) is 0 Å². The van der Waals surface area contributed by atoms with Gasteiger partial charge in [0, 0.05) is 60.9 Å². The highest BCUT2D eigenvalue weighted by atomic mass is 32.1. The molecule has 0 saturated carbocycles. The summed E-state index contributed by atoms with van der Waals surface area (Å²) in [6.45, 7) is 8.69. The second kappa shape index (κ2) is 22.0.